The highest BCUT2D eigenvalue weighted by molar-refractivity contribution is 6.50. The Balaban J connectivity index is -0.000000218. The minimum Gasteiger partial charge on any atom is -0.418 e. The van der Waals surface area contributed by atoms with Crippen molar-refractivity contribution in [3.05, 3.63) is 0 Å². The van der Waals surface area contributed by atoms with Crippen molar-refractivity contribution in [2.75, 3.05) is 0 Å². The average molecular weight is 286 g/mol. The molecule has 0 aromatic carbocycles. The first kappa shape index (κ1) is 17.6. The van der Waals surface area contributed by atoms with E-state index in [0.29, 0.717) is 0 Å². The van der Waals surface area contributed by atoms with E-state index in [0.717, 1.165) is 11.8 Å². The molecule has 3 saturated carbocycles. The smallest absolute Gasteiger partial charge is 0.418 e. The maximum absolute atomic E-state index is 9.75. The van der Waals surface area contributed by atoms with Gasteiger partial charge in [-0.15, -0.1) is 0 Å². The van der Waals surface area contributed by atoms with Crippen molar-refractivity contribution in [2.45, 2.75) is 38.5 Å². The molecular formula is C8H16B2F8. The molecule has 0 heterocycles. The summed E-state index contributed by atoms with van der Waals surface area (Å²) in [6, 6.07) is 0. The number of fused-ring (bicyclic) bond motifs is 3. The highest BCUT2D eigenvalue weighted by atomic mass is 19.5. The highest BCUT2D eigenvalue weighted by Gasteiger charge is 2.26. The van der Waals surface area contributed by atoms with Crippen LogP contribution in [0.4, 0.5) is 34.5 Å². The summed E-state index contributed by atoms with van der Waals surface area (Å²) in [5, 5.41) is 0. The van der Waals surface area contributed by atoms with Crippen LogP contribution < -0.4 is 0 Å². The molecule has 0 aliphatic heterocycles. The molecule has 0 N–H and O–H groups in total. The lowest BCUT2D eigenvalue weighted by molar-refractivity contribution is 0.176. The molecule has 0 spiro atoms. The zero-order valence-electron chi connectivity index (χ0n) is 11.6. The molecule has 3 rings (SSSR count). The number of halogens is 8. The van der Waals surface area contributed by atoms with E-state index in [9.17, 15) is 34.5 Å². The van der Waals surface area contributed by atoms with Crippen LogP contribution in [0.3, 0.4) is 0 Å². The van der Waals surface area contributed by atoms with Crippen LogP contribution in [-0.2, 0) is 0 Å². The third-order valence-electron chi connectivity index (χ3n) is 2.95. The summed E-state index contributed by atoms with van der Waals surface area (Å²) >= 11 is 0. The first-order chi connectivity index (χ1) is 7.95. The fraction of sp³-hybridized carbons (Fsp3) is 1.00. The third-order valence-corrected chi connectivity index (χ3v) is 2.95. The Kier molecular flexibility index (Phi) is 7.06. The topological polar surface area (TPSA) is 0 Å². The van der Waals surface area contributed by atoms with Crippen molar-refractivity contribution >= 4 is 14.5 Å². The van der Waals surface area contributed by atoms with Crippen LogP contribution in [0.2, 0.25) is 0 Å². The van der Waals surface area contributed by atoms with Crippen LogP contribution in [0.15, 0.2) is 0 Å². The number of rotatable bonds is 0. The number of hydrogen-bond donors (Lipinski definition) is 0. The molecule has 18 heavy (non-hydrogen) atoms. The molecule has 3 fully saturated rings. The first-order valence-corrected chi connectivity index (χ1v) is 5.70. The molecule has 0 aromatic rings. The van der Waals surface area contributed by atoms with E-state index in [2.05, 4.69) is 0 Å². The molecule has 10 heteroatoms. The third kappa shape index (κ3) is 15.6. The Morgan fingerprint density at radius 3 is 0.667 bits per heavy atom. The summed E-state index contributed by atoms with van der Waals surface area (Å²) in [7, 11) is -12.0. The predicted octanol–water partition coefficient (Wildman–Crippen LogP) is 5.41. The minimum absolute atomic E-state index is 0. The molecule has 3 aliphatic carbocycles. The van der Waals surface area contributed by atoms with Crippen molar-refractivity contribution in [3.63, 3.8) is 0 Å². The average Bonchev–Trinajstić information content (AvgIpc) is 2.15. The highest BCUT2D eigenvalue weighted by Crippen LogP contribution is 2.40. The molecule has 0 amide bonds. The van der Waals surface area contributed by atoms with E-state index < -0.39 is 14.5 Å². The van der Waals surface area contributed by atoms with E-state index in [4.69, 9.17) is 0 Å². The summed E-state index contributed by atoms with van der Waals surface area (Å²) in [4.78, 5) is 0. The summed E-state index contributed by atoms with van der Waals surface area (Å²) in [6.07, 6.45) is 9.36. The Bertz CT molecular complexity index is 180. The Morgan fingerprint density at radius 2 is 0.611 bits per heavy atom. The van der Waals surface area contributed by atoms with Gasteiger partial charge in [-0.1, -0.05) is 38.5 Å². The van der Waals surface area contributed by atoms with Gasteiger partial charge in [-0.25, -0.2) is 0 Å². The number of hydrogen-bond acceptors (Lipinski definition) is 0. The zero-order chi connectivity index (χ0) is 14.4. The lowest BCUT2D eigenvalue weighted by Gasteiger charge is -2.35. The SMILES string of the molecule is C1CC2CCC1CC2.F[B-](F)(F)F.F[B-](F)(F)F.[H+].[H+]. The van der Waals surface area contributed by atoms with Gasteiger partial charge in [0, 0.05) is 0 Å². The normalized spacial score (nSPS) is 26.7. The molecule has 0 atom stereocenters. The Morgan fingerprint density at radius 1 is 0.500 bits per heavy atom. The molecular weight excluding hydrogens is 270 g/mol. The monoisotopic (exact) mass is 286 g/mol. The maximum atomic E-state index is 9.75. The first-order valence-electron chi connectivity index (χ1n) is 5.70. The van der Waals surface area contributed by atoms with Gasteiger partial charge in [0.1, 0.15) is 0 Å². The van der Waals surface area contributed by atoms with Gasteiger partial charge in [0.15, 0.2) is 0 Å². The van der Waals surface area contributed by atoms with E-state index in [-0.39, 0.29) is 2.85 Å². The van der Waals surface area contributed by atoms with Crippen molar-refractivity contribution in [3.8, 4) is 0 Å². The van der Waals surface area contributed by atoms with Crippen molar-refractivity contribution in [2.24, 2.45) is 11.8 Å². The van der Waals surface area contributed by atoms with Crippen molar-refractivity contribution < 1.29 is 37.4 Å². The van der Waals surface area contributed by atoms with Gasteiger partial charge in [0.25, 0.3) is 0 Å². The van der Waals surface area contributed by atoms with Crippen LogP contribution in [0.1, 0.15) is 41.4 Å². The minimum atomic E-state index is -6.00. The van der Waals surface area contributed by atoms with Crippen LogP contribution >= 0.6 is 0 Å². The molecule has 0 unspecified atom stereocenters. The van der Waals surface area contributed by atoms with Crippen LogP contribution in [0.5, 0.6) is 0 Å². The van der Waals surface area contributed by atoms with Gasteiger partial charge in [-0.2, -0.15) is 0 Å². The predicted molar refractivity (Wildman–Crippen MR) is 57.3 cm³/mol. The second-order valence-corrected chi connectivity index (χ2v) is 4.45. The Hall–Kier alpha value is -0.430. The van der Waals surface area contributed by atoms with Gasteiger partial charge in [-0.3, -0.25) is 0 Å². The van der Waals surface area contributed by atoms with Crippen LogP contribution in [-0.4, -0.2) is 14.5 Å². The van der Waals surface area contributed by atoms with Gasteiger partial charge in [-0.05, 0) is 11.8 Å². The molecule has 0 radical (unpaired) electrons. The summed E-state index contributed by atoms with van der Waals surface area (Å²) in [5.74, 6) is 2.31. The largest absolute Gasteiger partial charge is 1.00 e. The molecule has 0 aromatic heterocycles. The van der Waals surface area contributed by atoms with Crippen molar-refractivity contribution in [1.29, 1.82) is 0 Å². The quantitative estimate of drug-likeness (QED) is 0.412. The van der Waals surface area contributed by atoms with Crippen LogP contribution in [0, 0.1) is 11.8 Å². The van der Waals surface area contributed by atoms with E-state index >= 15 is 0 Å². The fourth-order valence-electron chi connectivity index (χ4n) is 2.28. The standard InChI is InChI=1S/C8H14.2BF4/c1-2-8-5-3-7(1)4-6-8;2*2-1(3,4)5/h7-8H,1-6H2;;/q;2*-1/p+2. The molecule has 0 nitrogen and oxygen atoms in total. The molecule has 2 bridgehead atoms. The lowest BCUT2D eigenvalue weighted by Crippen LogP contribution is -2.21. The van der Waals surface area contributed by atoms with E-state index in [1.54, 1.807) is 38.5 Å². The van der Waals surface area contributed by atoms with Crippen molar-refractivity contribution in [1.82, 2.24) is 0 Å². The van der Waals surface area contributed by atoms with E-state index in [1.807, 2.05) is 0 Å². The fourth-order valence-corrected chi connectivity index (χ4v) is 2.28. The summed E-state index contributed by atoms with van der Waals surface area (Å²) in [5.41, 5.74) is 0. The molecule has 110 valence electrons. The van der Waals surface area contributed by atoms with E-state index in [1.165, 1.54) is 0 Å². The second kappa shape index (κ2) is 7.23. The van der Waals surface area contributed by atoms with Gasteiger partial charge in [0.2, 0.25) is 0 Å². The summed E-state index contributed by atoms with van der Waals surface area (Å²) in [6.45, 7) is 0. The molecule has 3 aliphatic rings. The lowest BCUT2D eigenvalue weighted by atomic mass is 9.71. The van der Waals surface area contributed by atoms with Gasteiger partial charge >= 0.3 is 17.4 Å². The Labute approximate surface area is 103 Å². The van der Waals surface area contributed by atoms with Gasteiger partial charge in [0.05, 0.1) is 0 Å². The maximum Gasteiger partial charge on any atom is 1.00 e. The van der Waals surface area contributed by atoms with Gasteiger partial charge < -0.3 is 34.5 Å². The summed E-state index contributed by atoms with van der Waals surface area (Å²) < 4.78 is 78.0. The zero-order valence-corrected chi connectivity index (χ0v) is 9.58. The second-order valence-electron chi connectivity index (χ2n) is 4.45. The molecule has 0 saturated heterocycles. The van der Waals surface area contributed by atoms with Crippen LogP contribution in [0.25, 0.3) is 0 Å².